The highest BCUT2D eigenvalue weighted by molar-refractivity contribution is 6.40. The van der Waals surface area contributed by atoms with E-state index in [2.05, 4.69) is 10.3 Å². The molecule has 4 aromatic rings. The molecule has 33 heavy (non-hydrogen) atoms. The topological polar surface area (TPSA) is 88.3 Å². The van der Waals surface area contributed by atoms with Crippen LogP contribution in [0.2, 0.25) is 0 Å². The van der Waals surface area contributed by atoms with Crippen molar-refractivity contribution in [3.8, 4) is 0 Å². The number of rotatable bonds is 9. The van der Waals surface area contributed by atoms with Crippen molar-refractivity contribution in [2.24, 2.45) is 0 Å². The fourth-order valence-corrected chi connectivity index (χ4v) is 3.70. The molecule has 0 aliphatic carbocycles. The smallest absolute Gasteiger partial charge is 0.408 e. The first-order chi connectivity index (χ1) is 16.1. The molecule has 3 aromatic carbocycles. The van der Waals surface area contributed by atoms with Gasteiger partial charge in [0.25, 0.3) is 0 Å². The number of benzene rings is 3. The largest absolute Gasteiger partial charge is 0.445 e. The second kappa shape index (κ2) is 10.4. The standard InChI is InChI=1S/C27H24N2O4/c30-25(16-21-17-28-23-14-8-7-13-22(21)23)26(31)24(15-19-9-3-1-4-10-19)29-27(32)33-18-20-11-5-2-6-12-20/h1-14,17,24,28H,15-16,18H2,(H,29,32). The number of aromatic amines is 1. The van der Waals surface area contributed by atoms with E-state index in [1.807, 2.05) is 84.9 Å². The van der Waals surface area contributed by atoms with Crippen LogP contribution in [0.5, 0.6) is 0 Å². The molecule has 1 aromatic heterocycles. The van der Waals surface area contributed by atoms with Crippen molar-refractivity contribution in [2.75, 3.05) is 0 Å². The van der Waals surface area contributed by atoms with Crippen molar-refractivity contribution in [1.29, 1.82) is 0 Å². The highest BCUT2D eigenvalue weighted by Gasteiger charge is 2.28. The fourth-order valence-electron chi connectivity index (χ4n) is 3.70. The van der Waals surface area contributed by atoms with E-state index in [1.165, 1.54) is 0 Å². The van der Waals surface area contributed by atoms with Gasteiger partial charge in [-0.05, 0) is 22.8 Å². The fraction of sp³-hybridized carbons (Fsp3) is 0.148. The summed E-state index contributed by atoms with van der Waals surface area (Å²) in [6.07, 6.45) is 1.14. The van der Waals surface area contributed by atoms with Crippen molar-refractivity contribution >= 4 is 28.6 Å². The number of para-hydroxylation sites is 1. The van der Waals surface area contributed by atoms with E-state index in [0.717, 1.165) is 27.6 Å². The maximum Gasteiger partial charge on any atom is 0.408 e. The average Bonchev–Trinajstić information content (AvgIpc) is 3.26. The van der Waals surface area contributed by atoms with E-state index in [1.54, 1.807) is 6.20 Å². The highest BCUT2D eigenvalue weighted by Crippen LogP contribution is 2.19. The number of alkyl carbamates (subject to hydrolysis) is 1. The van der Waals surface area contributed by atoms with Gasteiger partial charge < -0.3 is 15.0 Å². The van der Waals surface area contributed by atoms with Gasteiger partial charge in [-0.15, -0.1) is 0 Å². The zero-order chi connectivity index (χ0) is 23.0. The van der Waals surface area contributed by atoms with E-state index >= 15 is 0 Å². The van der Waals surface area contributed by atoms with E-state index in [4.69, 9.17) is 4.74 Å². The number of ether oxygens (including phenoxy) is 1. The van der Waals surface area contributed by atoms with E-state index < -0.39 is 23.7 Å². The van der Waals surface area contributed by atoms with Gasteiger partial charge in [0.15, 0.2) is 0 Å². The Bertz CT molecular complexity index is 1250. The third-order valence-corrected chi connectivity index (χ3v) is 5.40. The quantitative estimate of drug-likeness (QED) is 0.378. The molecule has 0 fully saturated rings. The number of aromatic nitrogens is 1. The second-order valence-corrected chi connectivity index (χ2v) is 7.77. The van der Waals surface area contributed by atoms with Gasteiger partial charge in [-0.3, -0.25) is 9.59 Å². The molecule has 6 heteroatoms. The van der Waals surface area contributed by atoms with Gasteiger partial charge in [-0.25, -0.2) is 4.79 Å². The summed E-state index contributed by atoms with van der Waals surface area (Å²) < 4.78 is 5.27. The molecule has 1 atom stereocenters. The first-order valence-electron chi connectivity index (χ1n) is 10.7. The third kappa shape index (κ3) is 5.74. The predicted molar refractivity (Wildman–Crippen MR) is 126 cm³/mol. The SMILES string of the molecule is O=C(NC(Cc1ccccc1)C(=O)C(=O)Cc1c[nH]c2ccccc12)OCc1ccccc1. The Hall–Kier alpha value is -4.19. The number of fused-ring (bicyclic) bond motifs is 1. The van der Waals surface area contributed by atoms with Gasteiger partial charge in [0.2, 0.25) is 11.6 Å². The Morgan fingerprint density at radius 2 is 1.45 bits per heavy atom. The van der Waals surface area contributed by atoms with Crippen LogP contribution in [0.1, 0.15) is 16.7 Å². The normalized spacial score (nSPS) is 11.6. The summed E-state index contributed by atoms with van der Waals surface area (Å²) in [5.74, 6) is -1.22. The molecule has 4 rings (SSSR count). The molecule has 1 amide bonds. The summed E-state index contributed by atoms with van der Waals surface area (Å²) >= 11 is 0. The lowest BCUT2D eigenvalue weighted by Crippen LogP contribution is -2.46. The molecule has 166 valence electrons. The van der Waals surface area contributed by atoms with Gasteiger partial charge >= 0.3 is 6.09 Å². The maximum absolute atomic E-state index is 13.1. The molecule has 6 nitrogen and oxygen atoms in total. The minimum Gasteiger partial charge on any atom is -0.445 e. The number of nitrogens with one attached hydrogen (secondary N) is 2. The van der Waals surface area contributed by atoms with Crippen LogP contribution in [0, 0.1) is 0 Å². The first-order valence-corrected chi connectivity index (χ1v) is 10.7. The van der Waals surface area contributed by atoms with Crippen LogP contribution in [0.25, 0.3) is 10.9 Å². The van der Waals surface area contributed by atoms with Gasteiger partial charge in [0.05, 0.1) is 0 Å². The van der Waals surface area contributed by atoms with Crippen LogP contribution in [-0.2, 0) is 33.8 Å². The highest BCUT2D eigenvalue weighted by atomic mass is 16.5. The number of ketones is 2. The zero-order valence-corrected chi connectivity index (χ0v) is 18.0. The molecule has 0 radical (unpaired) electrons. The second-order valence-electron chi connectivity index (χ2n) is 7.77. The van der Waals surface area contributed by atoms with Gasteiger partial charge in [-0.2, -0.15) is 0 Å². The summed E-state index contributed by atoms with van der Waals surface area (Å²) in [4.78, 5) is 41.5. The van der Waals surface area contributed by atoms with Crippen LogP contribution >= 0.6 is 0 Å². The van der Waals surface area contributed by atoms with E-state index in [-0.39, 0.29) is 19.4 Å². The van der Waals surface area contributed by atoms with Gasteiger partial charge in [0.1, 0.15) is 12.6 Å². The van der Waals surface area contributed by atoms with Crippen LogP contribution in [0.15, 0.2) is 91.1 Å². The first kappa shape index (κ1) is 22.0. The van der Waals surface area contributed by atoms with Crippen LogP contribution < -0.4 is 5.32 Å². The lowest BCUT2D eigenvalue weighted by molar-refractivity contribution is -0.137. The molecule has 0 spiro atoms. The van der Waals surface area contributed by atoms with Gasteiger partial charge in [-0.1, -0.05) is 78.9 Å². The Labute approximate surface area is 191 Å². The number of H-pyrrole nitrogens is 1. The number of carbonyl (C=O) groups excluding carboxylic acids is 3. The zero-order valence-electron chi connectivity index (χ0n) is 18.0. The van der Waals surface area contributed by atoms with Crippen molar-refractivity contribution in [2.45, 2.75) is 25.5 Å². The van der Waals surface area contributed by atoms with Crippen molar-refractivity contribution < 1.29 is 19.1 Å². The minimum atomic E-state index is -1.02. The summed E-state index contributed by atoms with van der Waals surface area (Å²) in [6, 6.07) is 25.1. The third-order valence-electron chi connectivity index (χ3n) is 5.40. The summed E-state index contributed by atoms with van der Waals surface area (Å²) in [6.45, 7) is 0.0716. The minimum absolute atomic E-state index is 0.0467. The monoisotopic (exact) mass is 440 g/mol. The van der Waals surface area contributed by atoms with Crippen molar-refractivity contribution in [3.05, 3.63) is 108 Å². The van der Waals surface area contributed by atoms with Crippen LogP contribution in [0.3, 0.4) is 0 Å². The summed E-state index contributed by atoms with van der Waals surface area (Å²) in [5, 5.41) is 3.49. The lowest BCUT2D eigenvalue weighted by Gasteiger charge is -2.17. The van der Waals surface area contributed by atoms with Crippen LogP contribution in [-0.4, -0.2) is 28.7 Å². The molecule has 0 saturated carbocycles. The molecular weight excluding hydrogens is 416 g/mol. The summed E-state index contributed by atoms with van der Waals surface area (Å²) in [7, 11) is 0. The number of hydrogen-bond acceptors (Lipinski definition) is 4. The number of Topliss-reactive ketones (excluding diaryl/α,β-unsaturated/α-hetero) is 2. The molecule has 0 aliphatic rings. The predicted octanol–water partition coefficient (Wildman–Crippen LogP) is 4.39. The Morgan fingerprint density at radius 1 is 0.818 bits per heavy atom. The van der Waals surface area contributed by atoms with E-state index in [9.17, 15) is 14.4 Å². The van der Waals surface area contributed by atoms with Crippen molar-refractivity contribution in [3.63, 3.8) is 0 Å². The number of hydrogen-bond donors (Lipinski definition) is 2. The Morgan fingerprint density at radius 3 is 2.18 bits per heavy atom. The Kier molecular flexibility index (Phi) is 6.95. The molecule has 0 aliphatic heterocycles. The molecule has 2 N–H and O–H groups in total. The van der Waals surface area contributed by atoms with Gasteiger partial charge in [0, 0.05) is 29.9 Å². The average molecular weight is 440 g/mol. The number of carbonyl (C=O) groups is 3. The van der Waals surface area contributed by atoms with Crippen molar-refractivity contribution in [1.82, 2.24) is 10.3 Å². The molecule has 0 bridgehead atoms. The Balaban J connectivity index is 1.46. The number of amides is 1. The lowest BCUT2D eigenvalue weighted by atomic mass is 9.97. The molecule has 0 saturated heterocycles. The molecule has 1 unspecified atom stereocenters. The molecular formula is C27H24N2O4. The maximum atomic E-state index is 13.1. The van der Waals surface area contributed by atoms with Crippen LogP contribution in [0.4, 0.5) is 4.79 Å². The molecule has 1 heterocycles. The summed E-state index contributed by atoms with van der Waals surface area (Å²) in [5.41, 5.74) is 3.30. The van der Waals surface area contributed by atoms with E-state index in [0.29, 0.717) is 0 Å².